The lowest BCUT2D eigenvalue weighted by Crippen LogP contribution is -2.31. The highest BCUT2D eigenvalue weighted by molar-refractivity contribution is 6.32. The minimum atomic E-state index is -0.630. The Balaban J connectivity index is 1.60. The number of hydrogen-bond donors (Lipinski definition) is 2. The first-order valence-electron chi connectivity index (χ1n) is 9.50. The number of ether oxygens (including phenoxy) is 1. The quantitative estimate of drug-likeness (QED) is 0.413. The molecule has 2 N–H and O–H groups in total. The van der Waals surface area contributed by atoms with Crippen molar-refractivity contribution in [2.24, 2.45) is 0 Å². The first-order valence-corrected chi connectivity index (χ1v) is 9.87. The molecule has 0 radical (unpaired) electrons. The fourth-order valence-corrected chi connectivity index (χ4v) is 2.97. The van der Waals surface area contributed by atoms with Crippen LogP contribution in [0.4, 0.5) is 5.69 Å². The van der Waals surface area contributed by atoms with Crippen molar-refractivity contribution in [3.8, 4) is 0 Å². The number of halogens is 1. The maximum Gasteiger partial charge on any atom is 0.308 e. The molecule has 0 fully saturated rings. The Morgan fingerprint density at radius 3 is 2.29 bits per heavy atom. The van der Waals surface area contributed by atoms with E-state index < -0.39 is 24.5 Å². The molecule has 0 aliphatic carbocycles. The van der Waals surface area contributed by atoms with Crippen molar-refractivity contribution < 1.29 is 19.1 Å². The van der Waals surface area contributed by atoms with E-state index in [9.17, 15) is 14.4 Å². The van der Waals surface area contributed by atoms with Crippen LogP contribution in [0.3, 0.4) is 0 Å². The van der Waals surface area contributed by atoms with Gasteiger partial charge >= 0.3 is 5.97 Å². The molecule has 1 heterocycles. The molecule has 1 atom stereocenters. The van der Waals surface area contributed by atoms with Crippen molar-refractivity contribution >= 4 is 35.1 Å². The van der Waals surface area contributed by atoms with E-state index in [0.717, 1.165) is 5.56 Å². The molecule has 3 aromatic rings. The molecule has 8 heteroatoms. The number of carbonyl (C=O) groups is 3. The summed E-state index contributed by atoms with van der Waals surface area (Å²) in [6.07, 6.45) is 1.36. The Hall–Kier alpha value is -3.71. The highest BCUT2D eigenvalue weighted by Crippen LogP contribution is 2.19. The number of rotatable bonds is 8. The van der Waals surface area contributed by atoms with Crippen molar-refractivity contribution in [2.75, 3.05) is 11.9 Å². The molecule has 2 amide bonds. The number of pyridine rings is 1. The molecule has 0 saturated carbocycles. The molecular formula is C23H20ClN3O4. The Bertz CT molecular complexity index is 1040. The van der Waals surface area contributed by atoms with Crippen LogP contribution in [0.1, 0.15) is 28.4 Å². The fourth-order valence-electron chi connectivity index (χ4n) is 2.81. The first kappa shape index (κ1) is 22.0. The van der Waals surface area contributed by atoms with Gasteiger partial charge in [-0.2, -0.15) is 0 Å². The standard InChI is InChI=1S/C23H20ClN3O4/c24-22-18(12-7-13-25-22)26-20(28)15-31-21(29)14-19(16-8-3-1-4-9-16)27-23(30)17-10-5-2-6-11-17/h1-13,19H,14-15H2,(H,26,28)(H,27,30). The molecule has 158 valence electrons. The van der Waals surface area contributed by atoms with E-state index in [2.05, 4.69) is 15.6 Å². The van der Waals surface area contributed by atoms with Crippen molar-refractivity contribution in [3.63, 3.8) is 0 Å². The number of benzene rings is 2. The van der Waals surface area contributed by atoms with Gasteiger partial charge in [-0.15, -0.1) is 0 Å². The number of amides is 2. The third-order valence-electron chi connectivity index (χ3n) is 4.31. The summed E-state index contributed by atoms with van der Waals surface area (Å²) >= 11 is 5.89. The summed E-state index contributed by atoms with van der Waals surface area (Å²) in [5, 5.41) is 5.51. The van der Waals surface area contributed by atoms with E-state index in [-0.39, 0.29) is 17.5 Å². The summed E-state index contributed by atoms with van der Waals surface area (Å²) in [4.78, 5) is 40.8. The Morgan fingerprint density at radius 2 is 1.61 bits per heavy atom. The number of aromatic nitrogens is 1. The van der Waals surface area contributed by atoms with Crippen molar-refractivity contribution in [2.45, 2.75) is 12.5 Å². The molecule has 1 unspecified atom stereocenters. The zero-order chi connectivity index (χ0) is 22.1. The smallest absolute Gasteiger partial charge is 0.308 e. The van der Waals surface area contributed by atoms with Gasteiger partial charge in [-0.1, -0.05) is 60.1 Å². The maximum atomic E-state index is 12.6. The minimum absolute atomic E-state index is 0.134. The van der Waals surface area contributed by atoms with Crippen LogP contribution in [-0.4, -0.2) is 29.4 Å². The molecule has 0 spiro atoms. The largest absolute Gasteiger partial charge is 0.455 e. The lowest BCUT2D eigenvalue weighted by Gasteiger charge is -2.19. The first-order chi connectivity index (χ1) is 15.0. The molecule has 0 bridgehead atoms. The summed E-state index contributed by atoms with van der Waals surface area (Å²) < 4.78 is 5.09. The molecule has 0 aliphatic rings. The number of esters is 1. The second kappa shape index (κ2) is 10.9. The number of nitrogens with one attached hydrogen (secondary N) is 2. The maximum absolute atomic E-state index is 12.6. The number of carbonyl (C=O) groups excluding carboxylic acids is 3. The molecular weight excluding hydrogens is 418 g/mol. The predicted octanol–water partition coefficient (Wildman–Crippen LogP) is 3.78. The fraction of sp³-hybridized carbons (Fsp3) is 0.130. The molecule has 3 rings (SSSR count). The summed E-state index contributed by atoms with van der Waals surface area (Å²) in [5.41, 5.74) is 1.54. The van der Waals surface area contributed by atoms with Gasteiger partial charge in [0.05, 0.1) is 18.2 Å². The van der Waals surface area contributed by atoms with Gasteiger partial charge < -0.3 is 15.4 Å². The highest BCUT2D eigenvalue weighted by Gasteiger charge is 2.21. The van der Waals surface area contributed by atoms with Crippen LogP contribution >= 0.6 is 11.6 Å². The Morgan fingerprint density at radius 1 is 0.935 bits per heavy atom. The van der Waals surface area contributed by atoms with E-state index in [1.165, 1.54) is 6.20 Å². The molecule has 0 saturated heterocycles. The van der Waals surface area contributed by atoms with Gasteiger partial charge in [-0.3, -0.25) is 14.4 Å². The summed E-state index contributed by atoms with van der Waals surface area (Å²) in [5.74, 6) is -1.49. The van der Waals surface area contributed by atoms with Crippen LogP contribution < -0.4 is 10.6 Å². The van der Waals surface area contributed by atoms with Crippen LogP contribution in [0, 0.1) is 0 Å². The second-order valence-corrected chi connectivity index (χ2v) is 6.92. The number of nitrogens with zero attached hydrogens (tertiary/aromatic N) is 1. The van der Waals surface area contributed by atoms with Crippen LogP contribution in [-0.2, 0) is 14.3 Å². The average Bonchev–Trinajstić information content (AvgIpc) is 2.80. The minimum Gasteiger partial charge on any atom is -0.455 e. The van der Waals surface area contributed by atoms with Crippen LogP contribution in [0.15, 0.2) is 79.0 Å². The summed E-state index contributed by atoms with van der Waals surface area (Å²) in [6, 6.07) is 20.4. The molecule has 2 aromatic carbocycles. The molecule has 0 aliphatic heterocycles. The third-order valence-corrected chi connectivity index (χ3v) is 4.61. The predicted molar refractivity (Wildman–Crippen MR) is 117 cm³/mol. The lowest BCUT2D eigenvalue weighted by molar-refractivity contribution is -0.147. The average molecular weight is 438 g/mol. The zero-order valence-corrected chi connectivity index (χ0v) is 17.2. The van der Waals surface area contributed by atoms with Gasteiger partial charge in [0.15, 0.2) is 11.8 Å². The van der Waals surface area contributed by atoms with Gasteiger partial charge in [-0.05, 0) is 29.8 Å². The van der Waals surface area contributed by atoms with Gasteiger partial charge in [0, 0.05) is 11.8 Å². The SMILES string of the molecule is O=C(COC(=O)CC(NC(=O)c1ccccc1)c1ccccc1)Nc1cccnc1Cl. The van der Waals surface area contributed by atoms with Crippen LogP contribution in [0.25, 0.3) is 0 Å². The molecule has 31 heavy (non-hydrogen) atoms. The van der Waals surface area contributed by atoms with Gasteiger partial charge in [0.2, 0.25) is 0 Å². The normalized spacial score (nSPS) is 11.3. The Labute approximate surface area is 184 Å². The topological polar surface area (TPSA) is 97.4 Å². The number of anilines is 1. The van der Waals surface area contributed by atoms with E-state index in [0.29, 0.717) is 11.3 Å². The van der Waals surface area contributed by atoms with Crippen molar-refractivity contribution in [1.82, 2.24) is 10.3 Å². The van der Waals surface area contributed by atoms with E-state index in [1.54, 1.807) is 48.5 Å². The third kappa shape index (κ3) is 6.65. The van der Waals surface area contributed by atoms with Crippen molar-refractivity contribution in [3.05, 3.63) is 95.3 Å². The van der Waals surface area contributed by atoms with E-state index in [4.69, 9.17) is 16.3 Å². The van der Waals surface area contributed by atoms with Gasteiger partial charge in [0.1, 0.15) is 0 Å². The summed E-state index contributed by atoms with van der Waals surface area (Å²) in [7, 11) is 0. The van der Waals surface area contributed by atoms with Crippen LogP contribution in [0.5, 0.6) is 0 Å². The van der Waals surface area contributed by atoms with E-state index in [1.807, 2.05) is 24.3 Å². The second-order valence-electron chi connectivity index (χ2n) is 6.56. The molecule has 7 nitrogen and oxygen atoms in total. The highest BCUT2D eigenvalue weighted by atomic mass is 35.5. The Kier molecular flexibility index (Phi) is 7.73. The number of hydrogen-bond acceptors (Lipinski definition) is 5. The van der Waals surface area contributed by atoms with Gasteiger partial charge in [-0.25, -0.2) is 4.98 Å². The zero-order valence-electron chi connectivity index (χ0n) is 16.5. The van der Waals surface area contributed by atoms with Crippen molar-refractivity contribution in [1.29, 1.82) is 0 Å². The molecule has 1 aromatic heterocycles. The van der Waals surface area contributed by atoms with E-state index >= 15 is 0 Å². The van der Waals surface area contributed by atoms with Gasteiger partial charge in [0.25, 0.3) is 11.8 Å². The van der Waals surface area contributed by atoms with Crippen LogP contribution in [0.2, 0.25) is 5.15 Å². The monoisotopic (exact) mass is 437 g/mol. The summed E-state index contributed by atoms with van der Waals surface area (Å²) in [6.45, 7) is -0.488. The lowest BCUT2D eigenvalue weighted by atomic mass is 10.0.